The maximum absolute atomic E-state index is 13.1. The summed E-state index contributed by atoms with van der Waals surface area (Å²) in [5.41, 5.74) is -0.0738. The second-order valence-corrected chi connectivity index (χ2v) is 2.92. The highest BCUT2D eigenvalue weighted by Crippen LogP contribution is 2.08. The molecule has 0 aromatic heterocycles. The summed E-state index contributed by atoms with van der Waals surface area (Å²) in [5.74, 6) is -1.20. The predicted molar refractivity (Wildman–Crippen MR) is 50.7 cm³/mol. The number of likely N-dealkylation sites (N-methyl/N-ethyl adjacent to an activating group) is 1. The molecule has 0 saturated heterocycles. The van der Waals surface area contributed by atoms with Crippen LogP contribution in [0.25, 0.3) is 0 Å². The highest BCUT2D eigenvalue weighted by molar-refractivity contribution is 5.99. The number of Topliss-reactive ketones (excluding diaryl/α,β-unsaturated/α-hetero) is 1. The zero-order valence-electron chi connectivity index (χ0n) is 7.83. The van der Waals surface area contributed by atoms with Crippen LogP contribution in [0.5, 0.6) is 0 Å². The van der Waals surface area contributed by atoms with E-state index in [1.165, 1.54) is 18.2 Å². The molecule has 1 atom stereocenters. The molecular weight excluding hydrogens is 185 g/mol. The summed E-state index contributed by atoms with van der Waals surface area (Å²) in [6, 6.07) is 5.61. The third-order valence-corrected chi connectivity index (χ3v) is 1.84. The van der Waals surface area contributed by atoms with E-state index in [2.05, 4.69) is 5.32 Å². The van der Waals surface area contributed by atoms with E-state index >= 15 is 0 Å². The van der Waals surface area contributed by atoms with E-state index in [-0.39, 0.29) is 12.1 Å². The van der Waals surface area contributed by atoms with E-state index in [1.807, 2.05) is 0 Å². The summed E-state index contributed by atoms with van der Waals surface area (Å²) in [5, 5.41) is 12.0. The van der Waals surface area contributed by atoms with Crippen molar-refractivity contribution >= 4 is 5.78 Å². The summed E-state index contributed by atoms with van der Waals surface area (Å²) < 4.78 is 13.1. The number of carbonyl (C=O) groups excluding carboxylic acids is 1. The Morgan fingerprint density at radius 1 is 1.57 bits per heavy atom. The standard InChI is InChI=1S/C10H12FNO2/c1-12-6-9(13)10(14)7-4-2-3-5-8(7)11/h2-5,9,12-13H,6H2,1H3. The van der Waals surface area contributed by atoms with Crippen LogP contribution in [0, 0.1) is 5.82 Å². The van der Waals surface area contributed by atoms with Gasteiger partial charge in [-0.15, -0.1) is 0 Å². The van der Waals surface area contributed by atoms with E-state index in [4.69, 9.17) is 0 Å². The normalized spacial score (nSPS) is 12.5. The lowest BCUT2D eigenvalue weighted by Gasteiger charge is -2.08. The molecule has 1 aromatic carbocycles. The lowest BCUT2D eigenvalue weighted by atomic mass is 10.1. The van der Waals surface area contributed by atoms with Crippen LogP contribution in [0.15, 0.2) is 24.3 Å². The molecule has 0 amide bonds. The molecule has 1 aromatic rings. The van der Waals surface area contributed by atoms with Crippen LogP contribution >= 0.6 is 0 Å². The van der Waals surface area contributed by atoms with Crippen molar-refractivity contribution in [1.82, 2.24) is 5.32 Å². The second-order valence-electron chi connectivity index (χ2n) is 2.92. The fourth-order valence-corrected chi connectivity index (χ4v) is 1.13. The first-order chi connectivity index (χ1) is 6.66. The van der Waals surface area contributed by atoms with Gasteiger partial charge in [-0.25, -0.2) is 4.39 Å². The van der Waals surface area contributed by atoms with E-state index in [1.54, 1.807) is 13.1 Å². The van der Waals surface area contributed by atoms with Crippen LogP contribution in [0.1, 0.15) is 10.4 Å². The Morgan fingerprint density at radius 2 is 2.21 bits per heavy atom. The Kier molecular flexibility index (Phi) is 3.73. The highest BCUT2D eigenvalue weighted by Gasteiger charge is 2.18. The Hall–Kier alpha value is -1.26. The first-order valence-corrected chi connectivity index (χ1v) is 4.28. The maximum Gasteiger partial charge on any atom is 0.195 e. The van der Waals surface area contributed by atoms with E-state index in [0.29, 0.717) is 0 Å². The molecule has 0 heterocycles. The number of benzene rings is 1. The fourth-order valence-electron chi connectivity index (χ4n) is 1.13. The molecule has 0 fully saturated rings. The molecule has 0 aliphatic heterocycles. The number of nitrogens with one attached hydrogen (secondary N) is 1. The van der Waals surface area contributed by atoms with Crippen LogP contribution in [0.4, 0.5) is 4.39 Å². The summed E-state index contributed by atoms with van der Waals surface area (Å²) in [7, 11) is 1.61. The molecule has 14 heavy (non-hydrogen) atoms. The molecule has 0 aliphatic rings. The highest BCUT2D eigenvalue weighted by atomic mass is 19.1. The first kappa shape index (κ1) is 10.8. The van der Waals surface area contributed by atoms with Gasteiger partial charge in [-0.2, -0.15) is 0 Å². The Morgan fingerprint density at radius 3 is 2.79 bits per heavy atom. The lowest BCUT2D eigenvalue weighted by molar-refractivity contribution is 0.0746. The zero-order chi connectivity index (χ0) is 10.6. The Labute approximate surface area is 81.6 Å². The van der Waals surface area contributed by atoms with Crippen LogP contribution in [-0.2, 0) is 0 Å². The molecule has 3 nitrogen and oxygen atoms in total. The van der Waals surface area contributed by atoms with Crippen molar-refractivity contribution in [3.8, 4) is 0 Å². The van der Waals surface area contributed by atoms with Gasteiger partial charge in [0, 0.05) is 6.54 Å². The SMILES string of the molecule is CNCC(O)C(=O)c1ccccc1F. The lowest BCUT2D eigenvalue weighted by Crippen LogP contribution is -2.31. The van der Waals surface area contributed by atoms with Gasteiger partial charge in [0.25, 0.3) is 0 Å². The molecule has 2 N–H and O–H groups in total. The third-order valence-electron chi connectivity index (χ3n) is 1.84. The zero-order valence-corrected chi connectivity index (χ0v) is 7.83. The maximum atomic E-state index is 13.1. The number of hydrogen-bond acceptors (Lipinski definition) is 3. The summed E-state index contributed by atoms with van der Waals surface area (Å²) in [6.07, 6.45) is -1.20. The molecule has 0 saturated carbocycles. The quantitative estimate of drug-likeness (QED) is 0.694. The van der Waals surface area contributed by atoms with E-state index in [0.717, 1.165) is 0 Å². The third kappa shape index (κ3) is 2.37. The number of hydrogen-bond donors (Lipinski definition) is 2. The number of aliphatic hydroxyl groups is 1. The number of carbonyl (C=O) groups is 1. The topological polar surface area (TPSA) is 49.3 Å². The van der Waals surface area contributed by atoms with Gasteiger partial charge >= 0.3 is 0 Å². The van der Waals surface area contributed by atoms with Gasteiger partial charge in [0.05, 0.1) is 5.56 Å². The molecule has 1 rings (SSSR count). The Bertz CT molecular complexity index is 328. The molecule has 0 radical (unpaired) electrons. The molecule has 0 bridgehead atoms. The van der Waals surface area contributed by atoms with Gasteiger partial charge in [0.15, 0.2) is 5.78 Å². The van der Waals surface area contributed by atoms with Crippen LogP contribution in [0.2, 0.25) is 0 Å². The van der Waals surface area contributed by atoms with Crippen molar-refractivity contribution < 1.29 is 14.3 Å². The predicted octanol–water partition coefficient (Wildman–Crippen LogP) is 0.589. The average molecular weight is 197 g/mol. The largest absolute Gasteiger partial charge is 0.384 e. The van der Waals surface area contributed by atoms with Gasteiger partial charge in [0.1, 0.15) is 11.9 Å². The number of halogens is 1. The monoisotopic (exact) mass is 197 g/mol. The first-order valence-electron chi connectivity index (χ1n) is 4.28. The van der Waals surface area contributed by atoms with Gasteiger partial charge < -0.3 is 10.4 Å². The molecule has 1 unspecified atom stereocenters. The second kappa shape index (κ2) is 4.83. The smallest absolute Gasteiger partial charge is 0.195 e. The van der Waals surface area contributed by atoms with Crippen molar-refractivity contribution in [2.45, 2.75) is 6.10 Å². The minimum atomic E-state index is -1.20. The molecule has 4 heteroatoms. The van der Waals surface area contributed by atoms with Crippen LogP contribution in [-0.4, -0.2) is 30.6 Å². The van der Waals surface area contributed by atoms with Gasteiger partial charge in [-0.05, 0) is 19.2 Å². The number of rotatable bonds is 4. The number of aliphatic hydroxyl groups excluding tert-OH is 1. The van der Waals surface area contributed by atoms with Crippen molar-refractivity contribution in [2.24, 2.45) is 0 Å². The molecule has 0 spiro atoms. The molecule has 76 valence electrons. The summed E-state index contributed by atoms with van der Waals surface area (Å²) in [4.78, 5) is 11.4. The van der Waals surface area contributed by atoms with Gasteiger partial charge in [-0.1, -0.05) is 12.1 Å². The summed E-state index contributed by atoms with van der Waals surface area (Å²) in [6.45, 7) is 0.118. The average Bonchev–Trinajstić information content (AvgIpc) is 2.18. The fraction of sp³-hybridized carbons (Fsp3) is 0.300. The van der Waals surface area contributed by atoms with Crippen molar-refractivity contribution in [2.75, 3.05) is 13.6 Å². The number of ketones is 1. The van der Waals surface area contributed by atoms with Gasteiger partial charge in [-0.3, -0.25) is 4.79 Å². The minimum absolute atomic E-state index is 0.0738. The van der Waals surface area contributed by atoms with Crippen molar-refractivity contribution in [3.05, 3.63) is 35.6 Å². The van der Waals surface area contributed by atoms with E-state index < -0.39 is 17.7 Å². The van der Waals surface area contributed by atoms with Crippen LogP contribution in [0.3, 0.4) is 0 Å². The van der Waals surface area contributed by atoms with Gasteiger partial charge in [0.2, 0.25) is 0 Å². The Balaban J connectivity index is 2.84. The van der Waals surface area contributed by atoms with Crippen molar-refractivity contribution in [3.63, 3.8) is 0 Å². The molecule has 0 aliphatic carbocycles. The minimum Gasteiger partial charge on any atom is -0.384 e. The van der Waals surface area contributed by atoms with E-state index in [9.17, 15) is 14.3 Å². The van der Waals surface area contributed by atoms with Crippen molar-refractivity contribution in [1.29, 1.82) is 0 Å². The molecular formula is C10H12FNO2. The van der Waals surface area contributed by atoms with Crippen LogP contribution < -0.4 is 5.32 Å². The summed E-state index contributed by atoms with van der Waals surface area (Å²) >= 11 is 0.